The lowest BCUT2D eigenvalue weighted by Gasteiger charge is -2.09. The van der Waals surface area contributed by atoms with E-state index in [9.17, 15) is 4.79 Å². The summed E-state index contributed by atoms with van der Waals surface area (Å²) in [7, 11) is 0. The highest BCUT2D eigenvalue weighted by Gasteiger charge is 2.12. The summed E-state index contributed by atoms with van der Waals surface area (Å²) in [6.07, 6.45) is 3.66. The smallest absolute Gasteiger partial charge is 0.251 e. The Labute approximate surface area is 147 Å². The number of pyridine rings is 1. The molecule has 0 radical (unpaired) electrons. The lowest BCUT2D eigenvalue weighted by molar-refractivity contribution is 0.0953. The number of nitrogens with zero attached hydrogens (tertiary/aromatic N) is 3. The van der Waals surface area contributed by atoms with Crippen LogP contribution in [0, 0.1) is 13.8 Å². The lowest BCUT2D eigenvalue weighted by atomic mass is 10.2. The summed E-state index contributed by atoms with van der Waals surface area (Å²) < 4.78 is 2.12. The average molecular weight is 337 g/mol. The number of imidazole rings is 1. The number of benzene rings is 1. The zero-order valence-corrected chi connectivity index (χ0v) is 14.6. The van der Waals surface area contributed by atoms with Crippen molar-refractivity contribution in [2.45, 2.75) is 33.2 Å². The Morgan fingerprint density at radius 1 is 1.20 bits per heavy atom. The van der Waals surface area contributed by atoms with E-state index in [0.29, 0.717) is 17.9 Å². The molecule has 0 saturated carbocycles. The van der Waals surface area contributed by atoms with E-state index >= 15 is 0 Å². The predicted octanol–water partition coefficient (Wildman–Crippen LogP) is 2.84. The van der Waals surface area contributed by atoms with E-state index in [1.165, 1.54) is 0 Å². The number of rotatable bonds is 6. The molecule has 0 unspecified atom stereocenters. The summed E-state index contributed by atoms with van der Waals surface area (Å²) >= 11 is 0. The molecule has 0 saturated heterocycles. The highest BCUT2D eigenvalue weighted by atomic mass is 16.1. The molecular formula is C19H23N5O. The number of aromatic nitrogens is 3. The van der Waals surface area contributed by atoms with Crippen LogP contribution in [0.4, 0.5) is 5.82 Å². The number of unbranched alkanes of at least 4 members (excludes halogenated alkanes) is 1. The van der Waals surface area contributed by atoms with Gasteiger partial charge >= 0.3 is 0 Å². The minimum atomic E-state index is -0.0287. The number of nitrogens with two attached hydrogens (primary N) is 1. The highest BCUT2D eigenvalue weighted by molar-refractivity contribution is 5.94. The van der Waals surface area contributed by atoms with Crippen molar-refractivity contribution in [2.75, 3.05) is 12.3 Å². The molecule has 2 heterocycles. The molecule has 3 aromatic rings. The molecule has 0 aliphatic heterocycles. The molecule has 2 aromatic heterocycles. The number of nitrogen functional groups attached to an aromatic ring is 1. The third-order valence-electron chi connectivity index (χ3n) is 4.41. The van der Waals surface area contributed by atoms with E-state index in [1.54, 1.807) is 0 Å². The topological polar surface area (TPSA) is 85.8 Å². The van der Waals surface area contributed by atoms with Crippen molar-refractivity contribution < 1.29 is 4.79 Å². The fraction of sp³-hybridized carbons (Fsp3) is 0.316. The van der Waals surface area contributed by atoms with Crippen molar-refractivity contribution in [3.63, 3.8) is 0 Å². The Morgan fingerprint density at radius 3 is 2.72 bits per heavy atom. The summed E-state index contributed by atoms with van der Waals surface area (Å²) in [4.78, 5) is 20.7. The minimum absolute atomic E-state index is 0.0287. The summed E-state index contributed by atoms with van der Waals surface area (Å²) in [5.74, 6) is 0.450. The molecule has 0 aliphatic rings. The van der Waals surface area contributed by atoms with Gasteiger partial charge in [-0.1, -0.05) is 18.2 Å². The number of hydrogen-bond acceptors (Lipinski definition) is 4. The molecule has 3 rings (SSSR count). The molecule has 0 fully saturated rings. The van der Waals surface area contributed by atoms with Crippen LogP contribution in [0.3, 0.4) is 0 Å². The first-order valence-corrected chi connectivity index (χ1v) is 8.48. The Morgan fingerprint density at radius 2 is 1.96 bits per heavy atom. The summed E-state index contributed by atoms with van der Waals surface area (Å²) in [5, 5.41) is 2.95. The van der Waals surface area contributed by atoms with Gasteiger partial charge in [-0.3, -0.25) is 4.79 Å². The van der Waals surface area contributed by atoms with Gasteiger partial charge in [-0.25, -0.2) is 9.97 Å². The van der Waals surface area contributed by atoms with Gasteiger partial charge in [-0.05, 0) is 44.4 Å². The van der Waals surface area contributed by atoms with Crippen LogP contribution in [-0.2, 0) is 6.54 Å². The van der Waals surface area contributed by atoms with Crippen LogP contribution in [0.15, 0.2) is 36.7 Å². The normalized spacial score (nSPS) is 11.0. The monoisotopic (exact) mass is 337 g/mol. The number of aryl methyl sites for hydroxylation is 3. The second-order valence-corrected chi connectivity index (χ2v) is 6.17. The number of nitrogens with one attached hydrogen (secondary N) is 1. The number of anilines is 1. The average Bonchev–Trinajstić information content (AvgIpc) is 3.05. The maximum atomic E-state index is 12.0. The molecule has 6 nitrogen and oxygen atoms in total. The van der Waals surface area contributed by atoms with Gasteiger partial charge in [-0.15, -0.1) is 0 Å². The van der Waals surface area contributed by atoms with Gasteiger partial charge in [0.1, 0.15) is 5.52 Å². The molecule has 1 aromatic carbocycles. The van der Waals surface area contributed by atoms with Crippen molar-refractivity contribution in [1.82, 2.24) is 19.9 Å². The molecule has 1 amide bonds. The van der Waals surface area contributed by atoms with Gasteiger partial charge < -0.3 is 15.6 Å². The van der Waals surface area contributed by atoms with Gasteiger partial charge in [0.05, 0.1) is 11.8 Å². The van der Waals surface area contributed by atoms with E-state index in [-0.39, 0.29) is 5.91 Å². The first kappa shape index (κ1) is 17.0. The molecule has 0 bridgehead atoms. The van der Waals surface area contributed by atoms with Crippen molar-refractivity contribution >= 4 is 22.8 Å². The van der Waals surface area contributed by atoms with E-state index in [4.69, 9.17) is 5.73 Å². The fourth-order valence-corrected chi connectivity index (χ4v) is 2.92. The standard InChI is InChI=1S/C19H23N5O/c1-13-14(2)23-18(20)16-17(13)24(12-22-16)11-7-6-10-21-19(25)15-8-4-3-5-9-15/h3-5,8-9,12H,6-7,10-11H2,1-2H3,(H2,20,23)(H,21,25). The molecule has 3 N–H and O–H groups in total. The Hall–Kier alpha value is -2.89. The Balaban J connectivity index is 1.55. The SMILES string of the molecule is Cc1nc(N)c2ncn(CCCCNC(=O)c3ccccc3)c2c1C. The van der Waals surface area contributed by atoms with Crippen LogP contribution in [0.25, 0.3) is 11.0 Å². The van der Waals surface area contributed by atoms with Crippen LogP contribution in [0.5, 0.6) is 0 Å². The number of amides is 1. The molecule has 6 heteroatoms. The molecule has 0 spiro atoms. The minimum Gasteiger partial charge on any atom is -0.382 e. The van der Waals surface area contributed by atoms with Crippen molar-refractivity contribution in [2.24, 2.45) is 0 Å². The third kappa shape index (κ3) is 3.63. The van der Waals surface area contributed by atoms with Gasteiger partial charge in [0.15, 0.2) is 5.82 Å². The van der Waals surface area contributed by atoms with Crippen LogP contribution in [0.2, 0.25) is 0 Å². The van der Waals surface area contributed by atoms with E-state index < -0.39 is 0 Å². The van der Waals surface area contributed by atoms with Crippen molar-refractivity contribution in [3.8, 4) is 0 Å². The molecule has 0 aliphatic carbocycles. The molecule has 25 heavy (non-hydrogen) atoms. The van der Waals surface area contributed by atoms with Crippen LogP contribution in [0.1, 0.15) is 34.5 Å². The van der Waals surface area contributed by atoms with E-state index in [1.807, 2.05) is 50.5 Å². The van der Waals surface area contributed by atoms with E-state index in [0.717, 1.165) is 41.7 Å². The molecular weight excluding hydrogens is 314 g/mol. The maximum absolute atomic E-state index is 12.0. The largest absolute Gasteiger partial charge is 0.382 e. The second-order valence-electron chi connectivity index (χ2n) is 6.17. The summed E-state index contributed by atoms with van der Waals surface area (Å²) in [6, 6.07) is 9.26. The number of carbonyl (C=O) groups is 1. The third-order valence-corrected chi connectivity index (χ3v) is 4.41. The Bertz CT molecular complexity index is 886. The second kappa shape index (κ2) is 7.34. The fourth-order valence-electron chi connectivity index (χ4n) is 2.92. The van der Waals surface area contributed by atoms with Gasteiger partial charge in [0.2, 0.25) is 0 Å². The van der Waals surface area contributed by atoms with Gasteiger partial charge in [0, 0.05) is 24.3 Å². The van der Waals surface area contributed by atoms with Crippen molar-refractivity contribution in [3.05, 3.63) is 53.5 Å². The highest BCUT2D eigenvalue weighted by Crippen LogP contribution is 2.24. The quantitative estimate of drug-likeness (QED) is 0.677. The van der Waals surface area contributed by atoms with Crippen LogP contribution >= 0.6 is 0 Å². The van der Waals surface area contributed by atoms with Crippen LogP contribution < -0.4 is 11.1 Å². The first-order valence-electron chi connectivity index (χ1n) is 8.48. The molecule has 0 atom stereocenters. The number of hydrogen-bond donors (Lipinski definition) is 2. The zero-order chi connectivity index (χ0) is 17.8. The van der Waals surface area contributed by atoms with Crippen molar-refractivity contribution in [1.29, 1.82) is 0 Å². The summed E-state index contributed by atoms with van der Waals surface area (Å²) in [5.41, 5.74) is 10.5. The Kier molecular flexibility index (Phi) is 4.97. The molecule has 130 valence electrons. The lowest BCUT2D eigenvalue weighted by Crippen LogP contribution is -2.24. The number of fused-ring (bicyclic) bond motifs is 1. The zero-order valence-electron chi connectivity index (χ0n) is 14.6. The predicted molar refractivity (Wildman–Crippen MR) is 99.4 cm³/mol. The number of carbonyl (C=O) groups excluding carboxylic acids is 1. The van der Waals surface area contributed by atoms with Gasteiger partial charge in [0.25, 0.3) is 5.91 Å². The maximum Gasteiger partial charge on any atom is 0.251 e. The van der Waals surface area contributed by atoms with E-state index in [2.05, 4.69) is 19.9 Å². The van der Waals surface area contributed by atoms with Gasteiger partial charge in [-0.2, -0.15) is 0 Å². The first-order chi connectivity index (χ1) is 12.1. The van der Waals surface area contributed by atoms with Crippen LogP contribution in [-0.4, -0.2) is 27.0 Å². The summed E-state index contributed by atoms with van der Waals surface area (Å²) in [6.45, 7) is 5.49.